The Morgan fingerprint density at radius 2 is 2.33 bits per heavy atom. The molecule has 1 radical (unpaired) electrons. The summed E-state index contributed by atoms with van der Waals surface area (Å²) in [6.45, 7) is 1.76. The van der Waals surface area contributed by atoms with Gasteiger partial charge < -0.3 is 5.41 Å². The molecule has 0 unspecified atom stereocenters. The third-order valence-corrected chi connectivity index (χ3v) is 1.90. The van der Waals surface area contributed by atoms with Crippen LogP contribution in [0.3, 0.4) is 0 Å². The van der Waals surface area contributed by atoms with E-state index in [0.29, 0.717) is 6.42 Å². The second-order valence-corrected chi connectivity index (χ2v) is 3.01. The van der Waals surface area contributed by atoms with Crippen molar-refractivity contribution in [3.8, 4) is 0 Å². The van der Waals surface area contributed by atoms with Gasteiger partial charge in [0.25, 0.3) is 5.69 Å². The summed E-state index contributed by atoms with van der Waals surface area (Å²) in [7, 11) is 0. The predicted molar refractivity (Wildman–Crippen MR) is 54.5 cm³/mol. The number of nitro groups is 1. The van der Waals surface area contributed by atoms with Crippen LogP contribution in [0.1, 0.15) is 18.9 Å². The molecule has 15 heavy (non-hydrogen) atoms. The number of rotatable bonds is 4. The Labute approximate surface area is 86.4 Å². The molecule has 1 aromatic carbocycles. The molecule has 4 nitrogen and oxygen atoms in total. The number of non-ortho nitro benzene ring substituents is 1. The molecule has 0 amide bonds. The van der Waals surface area contributed by atoms with Crippen LogP contribution in [0.15, 0.2) is 18.2 Å². The molecule has 0 bridgehead atoms. The maximum absolute atomic E-state index is 13.3. The van der Waals surface area contributed by atoms with Crippen LogP contribution in [-0.4, -0.2) is 10.6 Å². The summed E-state index contributed by atoms with van der Waals surface area (Å²) in [6, 6.07) is 3.29. The minimum Gasteiger partial charge on any atom is -0.305 e. The average Bonchev–Trinajstić information content (AvgIpc) is 2.17. The van der Waals surface area contributed by atoms with Gasteiger partial charge in [0.15, 0.2) is 0 Å². The first-order valence-electron chi connectivity index (χ1n) is 4.35. The van der Waals surface area contributed by atoms with Gasteiger partial charge in [-0.1, -0.05) is 6.92 Å². The van der Waals surface area contributed by atoms with Crippen molar-refractivity contribution in [3.05, 3.63) is 46.1 Å². The van der Waals surface area contributed by atoms with Crippen molar-refractivity contribution in [3.63, 3.8) is 0 Å². The zero-order valence-corrected chi connectivity index (χ0v) is 8.16. The summed E-state index contributed by atoms with van der Waals surface area (Å²) in [5.74, 6) is -0.726. The molecular weight excluding hydrogens is 199 g/mol. The Bertz CT molecular complexity index is 404. The van der Waals surface area contributed by atoms with E-state index in [2.05, 4.69) is 0 Å². The van der Waals surface area contributed by atoms with Gasteiger partial charge in [0.1, 0.15) is 5.82 Å². The van der Waals surface area contributed by atoms with E-state index in [0.717, 1.165) is 6.07 Å². The summed E-state index contributed by atoms with van der Waals surface area (Å²) >= 11 is 0. The summed E-state index contributed by atoms with van der Waals surface area (Å²) in [6.07, 6.45) is 2.07. The monoisotopic (exact) mass is 209 g/mol. The molecule has 79 valence electrons. The van der Waals surface area contributed by atoms with Gasteiger partial charge in [-0.15, -0.1) is 0 Å². The summed E-state index contributed by atoms with van der Waals surface area (Å²) in [5.41, 5.74) is -0.0758. The summed E-state index contributed by atoms with van der Waals surface area (Å²) in [4.78, 5) is 9.67. The molecule has 0 aliphatic rings. The SMILES string of the molecule is C[CH]CC(=N)c1ccc([N+](=O)[O-])cc1F. The van der Waals surface area contributed by atoms with Crippen molar-refractivity contribution >= 4 is 11.4 Å². The van der Waals surface area contributed by atoms with Gasteiger partial charge >= 0.3 is 0 Å². The molecule has 0 saturated carbocycles. The molecule has 1 rings (SSSR count). The first kappa shape index (κ1) is 11.3. The molecule has 1 aromatic rings. The molecule has 0 spiro atoms. The lowest BCUT2D eigenvalue weighted by molar-refractivity contribution is -0.385. The lowest BCUT2D eigenvalue weighted by Gasteiger charge is -2.03. The number of halogens is 1. The average molecular weight is 209 g/mol. The van der Waals surface area contributed by atoms with E-state index in [1.54, 1.807) is 13.3 Å². The second-order valence-electron chi connectivity index (χ2n) is 3.01. The maximum Gasteiger partial charge on any atom is 0.272 e. The minimum atomic E-state index is -0.726. The molecule has 0 atom stereocenters. The van der Waals surface area contributed by atoms with Crippen molar-refractivity contribution in [1.82, 2.24) is 0 Å². The summed E-state index contributed by atoms with van der Waals surface area (Å²) in [5, 5.41) is 17.8. The molecule has 0 fully saturated rings. The highest BCUT2D eigenvalue weighted by molar-refractivity contribution is 5.99. The van der Waals surface area contributed by atoms with Crippen LogP contribution in [0, 0.1) is 27.8 Å². The van der Waals surface area contributed by atoms with Crippen molar-refractivity contribution in [2.75, 3.05) is 0 Å². The van der Waals surface area contributed by atoms with Crippen LogP contribution >= 0.6 is 0 Å². The third kappa shape index (κ3) is 2.59. The Hall–Kier alpha value is -1.78. The normalized spacial score (nSPS) is 10.0. The van der Waals surface area contributed by atoms with Crippen molar-refractivity contribution in [2.24, 2.45) is 0 Å². The molecule has 0 aliphatic carbocycles. The Balaban J connectivity index is 3.03. The van der Waals surface area contributed by atoms with Crippen LogP contribution < -0.4 is 0 Å². The van der Waals surface area contributed by atoms with E-state index in [1.807, 2.05) is 0 Å². The van der Waals surface area contributed by atoms with E-state index >= 15 is 0 Å². The topological polar surface area (TPSA) is 67.0 Å². The number of nitrogens with one attached hydrogen (secondary N) is 1. The van der Waals surface area contributed by atoms with E-state index in [9.17, 15) is 14.5 Å². The Morgan fingerprint density at radius 1 is 1.67 bits per heavy atom. The zero-order chi connectivity index (χ0) is 11.4. The van der Waals surface area contributed by atoms with Crippen LogP contribution in [-0.2, 0) is 0 Å². The number of nitro benzene ring substituents is 1. The van der Waals surface area contributed by atoms with Gasteiger partial charge in [0, 0.05) is 17.3 Å². The third-order valence-electron chi connectivity index (χ3n) is 1.90. The van der Waals surface area contributed by atoms with Gasteiger partial charge in [-0.05, 0) is 18.9 Å². The predicted octanol–water partition coefficient (Wildman–Crippen LogP) is 2.72. The smallest absolute Gasteiger partial charge is 0.272 e. The molecule has 0 heterocycles. The standard InChI is InChI=1S/C10H10FN2O2/c1-2-3-10(12)8-5-4-7(13(14)15)6-9(8)11/h2,4-6,12H,3H2,1H3. The number of nitrogens with zero attached hydrogens (tertiary/aromatic N) is 1. The van der Waals surface area contributed by atoms with Crippen LogP contribution in [0.25, 0.3) is 0 Å². The van der Waals surface area contributed by atoms with Gasteiger partial charge in [-0.2, -0.15) is 0 Å². The van der Waals surface area contributed by atoms with Crippen molar-refractivity contribution in [2.45, 2.75) is 13.3 Å². The Kier molecular flexibility index (Phi) is 3.49. The fraction of sp³-hybridized carbons (Fsp3) is 0.200. The van der Waals surface area contributed by atoms with Crippen LogP contribution in [0.4, 0.5) is 10.1 Å². The summed E-state index contributed by atoms with van der Waals surface area (Å²) < 4.78 is 13.3. The van der Waals surface area contributed by atoms with Gasteiger partial charge in [-0.25, -0.2) is 4.39 Å². The largest absolute Gasteiger partial charge is 0.305 e. The van der Waals surface area contributed by atoms with Gasteiger partial charge in [-0.3, -0.25) is 10.1 Å². The number of hydrogen-bond acceptors (Lipinski definition) is 3. The van der Waals surface area contributed by atoms with E-state index < -0.39 is 10.7 Å². The molecule has 1 N–H and O–H groups in total. The zero-order valence-electron chi connectivity index (χ0n) is 8.16. The van der Waals surface area contributed by atoms with Gasteiger partial charge in [0.05, 0.1) is 11.0 Å². The molecule has 0 saturated heterocycles. The lowest BCUT2D eigenvalue weighted by Crippen LogP contribution is -2.02. The first-order valence-corrected chi connectivity index (χ1v) is 4.35. The maximum atomic E-state index is 13.3. The van der Waals surface area contributed by atoms with E-state index in [1.165, 1.54) is 12.1 Å². The number of hydrogen-bond donors (Lipinski definition) is 1. The first-order chi connectivity index (χ1) is 7.06. The Morgan fingerprint density at radius 3 is 2.80 bits per heavy atom. The van der Waals surface area contributed by atoms with Crippen LogP contribution in [0.2, 0.25) is 0 Å². The quantitative estimate of drug-likeness (QED) is 0.470. The van der Waals surface area contributed by atoms with Crippen LogP contribution in [0.5, 0.6) is 0 Å². The highest BCUT2D eigenvalue weighted by Gasteiger charge is 2.12. The fourth-order valence-corrected chi connectivity index (χ4v) is 1.18. The number of benzene rings is 1. The fourth-order valence-electron chi connectivity index (χ4n) is 1.18. The molecule has 0 aromatic heterocycles. The molecule has 0 aliphatic heterocycles. The minimum absolute atomic E-state index is 0.110. The lowest BCUT2D eigenvalue weighted by atomic mass is 10.1. The molecule has 5 heteroatoms. The molecular formula is C10H10FN2O2. The van der Waals surface area contributed by atoms with Crippen molar-refractivity contribution < 1.29 is 9.31 Å². The van der Waals surface area contributed by atoms with Gasteiger partial charge in [0.2, 0.25) is 0 Å². The van der Waals surface area contributed by atoms with E-state index in [4.69, 9.17) is 5.41 Å². The van der Waals surface area contributed by atoms with E-state index in [-0.39, 0.29) is 17.0 Å². The second kappa shape index (κ2) is 4.63. The highest BCUT2D eigenvalue weighted by Crippen LogP contribution is 2.17. The highest BCUT2D eigenvalue weighted by atomic mass is 19.1. The van der Waals surface area contributed by atoms with Crippen molar-refractivity contribution in [1.29, 1.82) is 5.41 Å².